The monoisotopic (exact) mass is 158 g/mol. The normalized spacial score (nSPS) is 13.9. The average Bonchev–Trinajstić information content (AvgIpc) is 1.99. The van der Waals surface area contributed by atoms with Crippen molar-refractivity contribution >= 4 is 11.9 Å². The SMILES string of the molecule is CN=C(NC)N[C@H](C)C(N)=O. The maximum absolute atomic E-state index is 10.5. The molecule has 0 aromatic rings. The molecule has 0 spiro atoms. The van der Waals surface area contributed by atoms with Crippen molar-refractivity contribution in [3.05, 3.63) is 0 Å². The number of hydrogen-bond acceptors (Lipinski definition) is 2. The van der Waals surface area contributed by atoms with Gasteiger partial charge in [-0.25, -0.2) is 0 Å². The second kappa shape index (κ2) is 4.54. The van der Waals surface area contributed by atoms with Gasteiger partial charge in [0.25, 0.3) is 0 Å². The summed E-state index contributed by atoms with van der Waals surface area (Å²) in [5, 5.41) is 5.55. The molecule has 1 atom stereocenters. The van der Waals surface area contributed by atoms with Gasteiger partial charge in [0.15, 0.2) is 5.96 Å². The first-order chi connectivity index (χ1) is 5.11. The van der Waals surface area contributed by atoms with Crippen LogP contribution in [0.2, 0.25) is 0 Å². The molecule has 1 amide bonds. The number of carbonyl (C=O) groups excluding carboxylic acids is 1. The largest absolute Gasteiger partial charge is 0.368 e. The standard InChI is InChI=1S/C6H14N4O/c1-4(5(7)11)10-6(8-2)9-3/h4H,1-3H3,(H2,7,11)(H2,8,9,10)/t4-/m1/s1. The third kappa shape index (κ3) is 3.44. The number of guanidine groups is 1. The zero-order valence-electron chi connectivity index (χ0n) is 7.01. The van der Waals surface area contributed by atoms with E-state index >= 15 is 0 Å². The van der Waals surface area contributed by atoms with Crippen LogP contribution in [-0.2, 0) is 4.79 Å². The van der Waals surface area contributed by atoms with Crippen LogP contribution in [0.3, 0.4) is 0 Å². The van der Waals surface area contributed by atoms with Crippen molar-refractivity contribution in [1.82, 2.24) is 10.6 Å². The van der Waals surface area contributed by atoms with Crippen molar-refractivity contribution in [2.75, 3.05) is 14.1 Å². The van der Waals surface area contributed by atoms with Crippen molar-refractivity contribution in [2.45, 2.75) is 13.0 Å². The van der Waals surface area contributed by atoms with E-state index in [-0.39, 0.29) is 0 Å². The van der Waals surface area contributed by atoms with Crippen molar-refractivity contribution in [3.63, 3.8) is 0 Å². The Bertz CT molecular complexity index is 166. The van der Waals surface area contributed by atoms with Crippen LogP contribution < -0.4 is 16.4 Å². The average molecular weight is 158 g/mol. The van der Waals surface area contributed by atoms with E-state index in [1.54, 1.807) is 21.0 Å². The summed E-state index contributed by atoms with van der Waals surface area (Å²) < 4.78 is 0. The highest BCUT2D eigenvalue weighted by atomic mass is 16.1. The molecule has 0 bridgehead atoms. The molecular formula is C6H14N4O. The maximum Gasteiger partial charge on any atom is 0.239 e. The molecule has 5 heteroatoms. The number of nitrogens with two attached hydrogens (primary N) is 1. The summed E-state index contributed by atoms with van der Waals surface area (Å²) in [6.07, 6.45) is 0. The molecule has 0 rings (SSSR count). The number of amides is 1. The van der Waals surface area contributed by atoms with Gasteiger partial charge >= 0.3 is 0 Å². The number of hydrogen-bond donors (Lipinski definition) is 3. The molecule has 64 valence electrons. The predicted molar refractivity (Wildman–Crippen MR) is 44.2 cm³/mol. The lowest BCUT2D eigenvalue weighted by Gasteiger charge is -2.12. The number of aliphatic imine (C=N–C) groups is 1. The number of nitrogens with zero attached hydrogens (tertiary/aromatic N) is 1. The third-order valence-corrected chi connectivity index (χ3v) is 1.24. The van der Waals surface area contributed by atoms with E-state index in [0.717, 1.165) is 0 Å². The van der Waals surface area contributed by atoms with Crippen LogP contribution in [0.1, 0.15) is 6.92 Å². The fourth-order valence-electron chi connectivity index (χ4n) is 0.525. The molecule has 5 nitrogen and oxygen atoms in total. The Morgan fingerprint density at radius 2 is 2.18 bits per heavy atom. The molecule has 0 aromatic heterocycles. The van der Waals surface area contributed by atoms with E-state index < -0.39 is 11.9 Å². The second-order valence-corrected chi connectivity index (χ2v) is 2.09. The molecule has 0 aliphatic carbocycles. The lowest BCUT2D eigenvalue weighted by Crippen LogP contribution is -2.46. The highest BCUT2D eigenvalue weighted by molar-refractivity contribution is 5.87. The summed E-state index contributed by atoms with van der Waals surface area (Å²) in [7, 11) is 3.33. The van der Waals surface area contributed by atoms with Crippen molar-refractivity contribution < 1.29 is 4.79 Å². The molecule has 0 aliphatic rings. The molecule has 4 N–H and O–H groups in total. The highest BCUT2D eigenvalue weighted by Crippen LogP contribution is 1.77. The molecule has 0 aliphatic heterocycles. The minimum atomic E-state index is -0.402. The van der Waals surface area contributed by atoms with Gasteiger partial charge in [-0.3, -0.25) is 9.79 Å². The molecule has 0 heterocycles. The van der Waals surface area contributed by atoms with Gasteiger partial charge in [0, 0.05) is 14.1 Å². The van der Waals surface area contributed by atoms with Crippen molar-refractivity contribution in [3.8, 4) is 0 Å². The molecule has 0 aromatic carbocycles. The van der Waals surface area contributed by atoms with Crippen LogP contribution in [0, 0.1) is 0 Å². The van der Waals surface area contributed by atoms with Gasteiger partial charge < -0.3 is 16.4 Å². The molecule has 11 heavy (non-hydrogen) atoms. The van der Waals surface area contributed by atoms with E-state index in [0.29, 0.717) is 5.96 Å². The lowest BCUT2D eigenvalue weighted by atomic mass is 10.3. The fourth-order valence-corrected chi connectivity index (χ4v) is 0.525. The van der Waals surface area contributed by atoms with Crippen LogP contribution in [0.5, 0.6) is 0 Å². The summed E-state index contributed by atoms with van der Waals surface area (Å²) >= 11 is 0. The van der Waals surface area contributed by atoms with Crippen LogP contribution in [-0.4, -0.2) is 32.0 Å². The van der Waals surface area contributed by atoms with Gasteiger partial charge in [-0.15, -0.1) is 0 Å². The number of carbonyl (C=O) groups is 1. The first kappa shape index (κ1) is 9.74. The Morgan fingerprint density at radius 1 is 1.64 bits per heavy atom. The van der Waals surface area contributed by atoms with Crippen LogP contribution >= 0.6 is 0 Å². The van der Waals surface area contributed by atoms with Crippen molar-refractivity contribution in [1.29, 1.82) is 0 Å². The van der Waals surface area contributed by atoms with E-state index in [2.05, 4.69) is 15.6 Å². The Labute approximate surface area is 66.1 Å². The van der Waals surface area contributed by atoms with Crippen molar-refractivity contribution in [2.24, 2.45) is 10.7 Å². The summed E-state index contributed by atoms with van der Waals surface area (Å²) in [5.41, 5.74) is 5.01. The van der Waals surface area contributed by atoms with E-state index in [1.165, 1.54) is 0 Å². The first-order valence-corrected chi connectivity index (χ1v) is 3.32. The Hall–Kier alpha value is -1.26. The summed E-state index contributed by atoms with van der Waals surface area (Å²) in [6, 6.07) is -0.402. The van der Waals surface area contributed by atoms with Gasteiger partial charge in [-0.1, -0.05) is 0 Å². The molecule has 0 saturated heterocycles. The Kier molecular flexibility index (Phi) is 4.02. The zero-order valence-corrected chi connectivity index (χ0v) is 7.01. The smallest absolute Gasteiger partial charge is 0.239 e. The first-order valence-electron chi connectivity index (χ1n) is 3.32. The number of primary amides is 1. The van der Waals surface area contributed by atoms with E-state index in [4.69, 9.17) is 5.73 Å². The predicted octanol–water partition coefficient (Wildman–Crippen LogP) is -1.34. The molecule has 0 fully saturated rings. The quantitative estimate of drug-likeness (QED) is 0.343. The molecule has 0 saturated carbocycles. The third-order valence-electron chi connectivity index (χ3n) is 1.24. The number of nitrogens with one attached hydrogen (secondary N) is 2. The van der Waals surface area contributed by atoms with Crippen LogP contribution in [0.4, 0.5) is 0 Å². The Balaban J connectivity index is 3.92. The van der Waals surface area contributed by atoms with Crippen LogP contribution in [0.25, 0.3) is 0 Å². The summed E-state index contributed by atoms with van der Waals surface area (Å²) in [4.78, 5) is 14.4. The zero-order chi connectivity index (χ0) is 8.85. The molecule has 0 unspecified atom stereocenters. The number of rotatable bonds is 2. The summed E-state index contributed by atoms with van der Waals surface area (Å²) in [6.45, 7) is 1.67. The molecule has 0 radical (unpaired) electrons. The van der Waals surface area contributed by atoms with Crippen LogP contribution in [0.15, 0.2) is 4.99 Å². The van der Waals surface area contributed by atoms with E-state index in [9.17, 15) is 4.79 Å². The Morgan fingerprint density at radius 3 is 2.45 bits per heavy atom. The fraction of sp³-hybridized carbons (Fsp3) is 0.667. The van der Waals surface area contributed by atoms with Gasteiger partial charge in [0.05, 0.1) is 0 Å². The summed E-state index contributed by atoms with van der Waals surface area (Å²) in [5.74, 6) is 0.151. The highest BCUT2D eigenvalue weighted by Gasteiger charge is 2.08. The van der Waals surface area contributed by atoms with Gasteiger partial charge in [0.2, 0.25) is 5.91 Å². The topological polar surface area (TPSA) is 79.5 Å². The van der Waals surface area contributed by atoms with Gasteiger partial charge in [-0.05, 0) is 6.92 Å². The van der Waals surface area contributed by atoms with E-state index in [1.807, 2.05) is 0 Å². The lowest BCUT2D eigenvalue weighted by molar-refractivity contribution is -0.119. The second-order valence-electron chi connectivity index (χ2n) is 2.09. The minimum absolute atomic E-state index is 0.401. The maximum atomic E-state index is 10.5. The van der Waals surface area contributed by atoms with Gasteiger partial charge in [0.1, 0.15) is 6.04 Å². The molecular weight excluding hydrogens is 144 g/mol. The minimum Gasteiger partial charge on any atom is -0.368 e. The van der Waals surface area contributed by atoms with Gasteiger partial charge in [-0.2, -0.15) is 0 Å².